The van der Waals surface area contributed by atoms with E-state index in [9.17, 15) is 0 Å². The molecule has 1 N–H and O–H groups in total. The van der Waals surface area contributed by atoms with Crippen LogP contribution in [-0.4, -0.2) is 21.2 Å². The van der Waals surface area contributed by atoms with Crippen LogP contribution in [-0.2, 0) is 0 Å². The second-order valence-corrected chi connectivity index (χ2v) is 11.8. The van der Waals surface area contributed by atoms with Crippen molar-refractivity contribution in [3.8, 4) is 0 Å². The lowest BCUT2D eigenvalue weighted by atomic mass is 10.0. The summed E-state index contributed by atoms with van der Waals surface area (Å²) in [4.78, 5) is 0. The van der Waals surface area contributed by atoms with Crippen molar-refractivity contribution in [1.82, 2.24) is 5.32 Å². The van der Waals surface area contributed by atoms with E-state index >= 15 is 0 Å². The normalized spacial score (nSPS) is 13.7. The van der Waals surface area contributed by atoms with Crippen molar-refractivity contribution in [2.75, 3.05) is 13.1 Å². The molecule has 0 radical (unpaired) electrons. The number of hydrogen-bond donors (Lipinski definition) is 1. The molecule has 0 aliphatic rings. The number of nitrogens with one attached hydrogen (secondary N) is 1. The van der Waals surface area contributed by atoms with E-state index < -0.39 is 8.07 Å². The molecule has 0 bridgehead atoms. The first-order valence-electron chi connectivity index (χ1n) is 6.38. The van der Waals surface area contributed by atoms with Crippen LogP contribution in [0.1, 0.15) is 18.4 Å². The topological polar surface area (TPSA) is 12.0 Å². The maximum absolute atomic E-state index is 5.95. The number of likely N-dealkylation sites (N-methyl/N-ethyl adjacent to an activating group) is 1. The van der Waals surface area contributed by atoms with E-state index in [0.717, 1.165) is 18.1 Å². The standard InChI is InChI=1S/C14H24ClNSi/c1-5-16-10-13(11-17(2,3)4)12-6-8-14(15)9-7-12/h6-9,13,16H,5,10-11H2,1-4H3. The van der Waals surface area contributed by atoms with E-state index in [4.69, 9.17) is 11.6 Å². The lowest BCUT2D eigenvalue weighted by Gasteiger charge is -2.25. The summed E-state index contributed by atoms with van der Waals surface area (Å²) < 4.78 is 0. The zero-order chi connectivity index (χ0) is 12.9. The Morgan fingerprint density at radius 2 is 1.76 bits per heavy atom. The molecule has 96 valence electrons. The molecule has 0 aromatic heterocycles. The highest BCUT2D eigenvalue weighted by molar-refractivity contribution is 6.76. The molecule has 1 aromatic carbocycles. The highest BCUT2D eigenvalue weighted by Crippen LogP contribution is 2.27. The summed E-state index contributed by atoms with van der Waals surface area (Å²) in [7, 11) is -1.04. The van der Waals surface area contributed by atoms with Crippen LogP contribution >= 0.6 is 11.6 Å². The van der Waals surface area contributed by atoms with Crippen molar-refractivity contribution < 1.29 is 0 Å². The van der Waals surface area contributed by atoms with Crippen LogP contribution in [0.25, 0.3) is 0 Å². The molecule has 0 spiro atoms. The maximum atomic E-state index is 5.95. The van der Waals surface area contributed by atoms with Crippen LogP contribution in [0.4, 0.5) is 0 Å². The van der Waals surface area contributed by atoms with E-state index in [1.165, 1.54) is 11.6 Å². The summed E-state index contributed by atoms with van der Waals surface area (Å²) in [6, 6.07) is 9.66. The third-order valence-corrected chi connectivity index (χ3v) is 4.81. The van der Waals surface area contributed by atoms with Gasteiger partial charge in [0.25, 0.3) is 0 Å². The predicted molar refractivity (Wildman–Crippen MR) is 80.9 cm³/mol. The Morgan fingerprint density at radius 3 is 2.24 bits per heavy atom. The van der Waals surface area contributed by atoms with Crippen molar-refractivity contribution in [2.45, 2.75) is 38.5 Å². The first-order chi connectivity index (χ1) is 7.92. The molecule has 0 fully saturated rings. The summed E-state index contributed by atoms with van der Waals surface area (Å²) in [6.45, 7) is 11.6. The van der Waals surface area contributed by atoms with Crippen molar-refractivity contribution >= 4 is 19.7 Å². The Hall–Kier alpha value is -0.313. The molecule has 1 unspecified atom stereocenters. The summed E-state index contributed by atoms with van der Waals surface area (Å²) in [5.41, 5.74) is 1.41. The van der Waals surface area contributed by atoms with Crippen molar-refractivity contribution in [1.29, 1.82) is 0 Å². The third kappa shape index (κ3) is 5.71. The number of benzene rings is 1. The molecule has 1 rings (SSSR count). The molecule has 0 saturated heterocycles. The van der Waals surface area contributed by atoms with Gasteiger partial charge < -0.3 is 5.32 Å². The van der Waals surface area contributed by atoms with Crippen LogP contribution in [0.5, 0.6) is 0 Å². The average molecular weight is 270 g/mol. The van der Waals surface area contributed by atoms with E-state index in [1.807, 2.05) is 12.1 Å². The fourth-order valence-corrected chi connectivity index (χ4v) is 4.09. The molecule has 0 heterocycles. The molecule has 0 amide bonds. The summed E-state index contributed by atoms with van der Waals surface area (Å²) in [5.74, 6) is 0.624. The SMILES string of the molecule is CCNCC(C[Si](C)(C)C)c1ccc(Cl)cc1. The van der Waals surface area contributed by atoms with Gasteiger partial charge in [-0.2, -0.15) is 0 Å². The molecule has 0 aliphatic carbocycles. The minimum absolute atomic E-state index is 0.624. The molecular weight excluding hydrogens is 246 g/mol. The van der Waals surface area contributed by atoms with Gasteiger partial charge in [0.15, 0.2) is 0 Å². The molecule has 0 saturated carbocycles. The summed E-state index contributed by atoms with van der Waals surface area (Å²) >= 11 is 5.95. The molecule has 1 atom stereocenters. The monoisotopic (exact) mass is 269 g/mol. The highest BCUT2D eigenvalue weighted by Gasteiger charge is 2.21. The predicted octanol–water partition coefficient (Wildman–Crippen LogP) is 4.37. The van der Waals surface area contributed by atoms with Gasteiger partial charge in [-0.15, -0.1) is 0 Å². The van der Waals surface area contributed by atoms with Gasteiger partial charge in [-0.25, -0.2) is 0 Å². The molecule has 1 aromatic rings. The smallest absolute Gasteiger partial charge is 0.0449 e. The van der Waals surface area contributed by atoms with Gasteiger partial charge in [0.05, 0.1) is 0 Å². The highest BCUT2D eigenvalue weighted by atomic mass is 35.5. The van der Waals surface area contributed by atoms with Gasteiger partial charge >= 0.3 is 0 Å². The van der Waals surface area contributed by atoms with E-state index in [-0.39, 0.29) is 0 Å². The Bertz CT molecular complexity index is 329. The lowest BCUT2D eigenvalue weighted by Crippen LogP contribution is -2.29. The van der Waals surface area contributed by atoms with Crippen molar-refractivity contribution in [3.05, 3.63) is 34.9 Å². The molecule has 17 heavy (non-hydrogen) atoms. The molecule has 0 aliphatic heterocycles. The Labute approximate surface area is 112 Å². The van der Waals surface area contributed by atoms with Gasteiger partial charge in [0, 0.05) is 19.6 Å². The lowest BCUT2D eigenvalue weighted by molar-refractivity contribution is 0.629. The summed E-state index contributed by atoms with van der Waals surface area (Å²) in [5, 5.41) is 4.30. The maximum Gasteiger partial charge on any atom is 0.0449 e. The quantitative estimate of drug-likeness (QED) is 0.756. The average Bonchev–Trinajstić information content (AvgIpc) is 2.24. The van der Waals surface area contributed by atoms with Gasteiger partial charge in [0.1, 0.15) is 0 Å². The number of rotatable bonds is 6. The zero-order valence-electron chi connectivity index (χ0n) is 11.4. The van der Waals surface area contributed by atoms with Gasteiger partial charge in [-0.3, -0.25) is 0 Å². The fraction of sp³-hybridized carbons (Fsp3) is 0.571. The van der Waals surface area contributed by atoms with Crippen LogP contribution in [0.15, 0.2) is 24.3 Å². The molecule has 3 heteroatoms. The van der Waals surface area contributed by atoms with Gasteiger partial charge in [0.2, 0.25) is 0 Å². The van der Waals surface area contributed by atoms with Crippen molar-refractivity contribution in [2.24, 2.45) is 0 Å². The largest absolute Gasteiger partial charge is 0.316 e. The van der Waals surface area contributed by atoms with Crippen LogP contribution < -0.4 is 5.32 Å². The van der Waals surface area contributed by atoms with E-state index in [1.54, 1.807) is 0 Å². The Kier molecular flexibility index (Phi) is 5.70. The van der Waals surface area contributed by atoms with Gasteiger partial charge in [-0.1, -0.05) is 50.3 Å². The van der Waals surface area contributed by atoms with Crippen molar-refractivity contribution in [3.63, 3.8) is 0 Å². The number of hydrogen-bond acceptors (Lipinski definition) is 1. The fourth-order valence-electron chi connectivity index (χ4n) is 2.10. The summed E-state index contributed by atoms with van der Waals surface area (Å²) in [6.07, 6.45) is 0. The minimum atomic E-state index is -1.04. The first-order valence-corrected chi connectivity index (χ1v) is 10.5. The van der Waals surface area contributed by atoms with Crippen LogP contribution in [0, 0.1) is 0 Å². The first kappa shape index (κ1) is 14.7. The molecule has 1 nitrogen and oxygen atoms in total. The zero-order valence-corrected chi connectivity index (χ0v) is 13.1. The van der Waals surface area contributed by atoms with Gasteiger partial charge in [-0.05, 0) is 36.2 Å². The second-order valence-electron chi connectivity index (χ2n) is 5.82. The second kappa shape index (κ2) is 6.57. The molecular formula is C14H24ClNSi. The third-order valence-electron chi connectivity index (χ3n) is 2.84. The number of halogens is 1. The minimum Gasteiger partial charge on any atom is -0.316 e. The van der Waals surface area contributed by atoms with E-state index in [0.29, 0.717) is 5.92 Å². The van der Waals surface area contributed by atoms with E-state index in [2.05, 4.69) is 44.0 Å². The Balaban J connectivity index is 2.78. The Morgan fingerprint density at radius 1 is 1.18 bits per heavy atom. The van der Waals surface area contributed by atoms with Crippen LogP contribution in [0.2, 0.25) is 30.7 Å². The van der Waals surface area contributed by atoms with Crippen LogP contribution in [0.3, 0.4) is 0 Å².